The Morgan fingerprint density at radius 1 is 1.21 bits per heavy atom. The molecule has 2 aromatic carbocycles. The topological polar surface area (TPSA) is 169 Å². The lowest BCUT2D eigenvalue weighted by Gasteiger charge is -2.15. The van der Waals surface area contributed by atoms with Crippen LogP contribution in [0.2, 0.25) is 5.02 Å². The van der Waals surface area contributed by atoms with Crippen molar-refractivity contribution in [2.24, 2.45) is 0 Å². The van der Waals surface area contributed by atoms with Gasteiger partial charge in [-0.3, -0.25) is 14.9 Å². The third-order valence-electron chi connectivity index (χ3n) is 6.37. The second-order valence-electron chi connectivity index (χ2n) is 9.23. The normalized spacial score (nSPS) is 15.9. The molecule has 3 heterocycles. The van der Waals surface area contributed by atoms with E-state index < -0.39 is 12.1 Å². The molecular formula is C28H26ClN9O4. The number of aromatic amines is 1. The van der Waals surface area contributed by atoms with Gasteiger partial charge in [-0.25, -0.2) is 9.78 Å². The number of aromatic nitrogens is 6. The van der Waals surface area contributed by atoms with Gasteiger partial charge in [0, 0.05) is 27.9 Å². The third-order valence-corrected chi connectivity index (χ3v) is 6.61. The molecule has 2 aromatic heterocycles. The van der Waals surface area contributed by atoms with Gasteiger partial charge in [0.15, 0.2) is 0 Å². The summed E-state index contributed by atoms with van der Waals surface area (Å²) in [5.74, 6) is -0.0973. The van der Waals surface area contributed by atoms with Crippen LogP contribution in [-0.2, 0) is 14.3 Å². The number of amides is 3. The molecule has 0 radical (unpaired) electrons. The SMILES string of the molecule is COC(=O)Nc1ccc2c(c1)NC(=O)/C=C\CCC[C@H](NC(=O)/C=C/c1cc(Cl)ccc1-n1cnnn1)c1ncc-2[nH]1. The number of anilines is 2. The number of carbonyl (C=O) groups is 3. The number of fused-ring (bicyclic) bond motifs is 4. The molecule has 1 atom stereocenters. The van der Waals surface area contributed by atoms with E-state index in [0.29, 0.717) is 64.0 Å². The predicted octanol–water partition coefficient (Wildman–Crippen LogP) is 4.43. The summed E-state index contributed by atoms with van der Waals surface area (Å²) in [6.45, 7) is 0. The van der Waals surface area contributed by atoms with Crippen LogP contribution in [0, 0.1) is 0 Å². The second-order valence-corrected chi connectivity index (χ2v) is 9.67. The number of nitrogens with zero attached hydrogens (tertiary/aromatic N) is 5. The molecule has 13 nitrogen and oxygen atoms in total. The van der Waals surface area contributed by atoms with E-state index in [9.17, 15) is 14.4 Å². The summed E-state index contributed by atoms with van der Waals surface area (Å²) in [6, 6.07) is 9.80. The number of carbonyl (C=O) groups excluding carboxylic acids is 3. The lowest BCUT2D eigenvalue weighted by molar-refractivity contribution is -0.117. The van der Waals surface area contributed by atoms with Gasteiger partial charge in [-0.2, -0.15) is 4.68 Å². The molecule has 0 aliphatic carbocycles. The lowest BCUT2D eigenvalue weighted by Crippen LogP contribution is -2.27. The zero-order valence-corrected chi connectivity index (χ0v) is 23.1. The molecule has 5 rings (SSSR count). The van der Waals surface area contributed by atoms with Gasteiger partial charge in [0.25, 0.3) is 0 Å². The monoisotopic (exact) mass is 587 g/mol. The van der Waals surface area contributed by atoms with Crippen LogP contribution in [-0.4, -0.2) is 55.2 Å². The maximum Gasteiger partial charge on any atom is 0.411 e. The molecule has 14 heteroatoms. The van der Waals surface area contributed by atoms with Gasteiger partial charge in [0.05, 0.1) is 36.4 Å². The molecule has 42 heavy (non-hydrogen) atoms. The summed E-state index contributed by atoms with van der Waals surface area (Å²) in [5.41, 5.74) is 3.47. The second kappa shape index (κ2) is 12.9. The van der Waals surface area contributed by atoms with Crippen LogP contribution >= 0.6 is 11.6 Å². The minimum absolute atomic E-state index is 0.317. The van der Waals surface area contributed by atoms with Crippen LogP contribution < -0.4 is 16.0 Å². The first kappa shape index (κ1) is 28.2. The van der Waals surface area contributed by atoms with E-state index in [0.717, 1.165) is 0 Å². The number of imidazole rings is 1. The maximum absolute atomic E-state index is 13.1. The number of nitrogens with one attached hydrogen (secondary N) is 4. The molecule has 1 aliphatic rings. The van der Waals surface area contributed by atoms with E-state index >= 15 is 0 Å². The Morgan fingerprint density at radius 2 is 2.10 bits per heavy atom. The number of halogens is 1. The van der Waals surface area contributed by atoms with Crippen molar-refractivity contribution in [2.75, 3.05) is 17.7 Å². The molecule has 4 aromatic rings. The highest BCUT2D eigenvalue weighted by molar-refractivity contribution is 6.30. The Hall–Kier alpha value is -5.30. The Morgan fingerprint density at radius 3 is 2.90 bits per heavy atom. The number of allylic oxidation sites excluding steroid dienone is 1. The summed E-state index contributed by atoms with van der Waals surface area (Å²) in [7, 11) is 1.26. The van der Waals surface area contributed by atoms with Crippen molar-refractivity contribution in [3.05, 3.63) is 83.6 Å². The van der Waals surface area contributed by atoms with E-state index in [2.05, 4.69) is 46.2 Å². The largest absolute Gasteiger partial charge is 0.453 e. The van der Waals surface area contributed by atoms with Crippen molar-refractivity contribution in [3.8, 4) is 16.9 Å². The molecule has 0 spiro atoms. The highest BCUT2D eigenvalue weighted by Crippen LogP contribution is 2.31. The highest BCUT2D eigenvalue weighted by atomic mass is 35.5. The van der Waals surface area contributed by atoms with Crippen LogP contribution in [0.1, 0.15) is 36.7 Å². The molecule has 3 amide bonds. The number of ether oxygens (including phenoxy) is 1. The van der Waals surface area contributed by atoms with Gasteiger partial charge in [-0.1, -0.05) is 17.7 Å². The molecule has 0 saturated carbocycles. The molecular weight excluding hydrogens is 562 g/mol. The Bertz CT molecular complexity index is 1660. The molecule has 4 N–H and O–H groups in total. The molecule has 0 unspecified atom stereocenters. The Labute approximate surface area is 245 Å². The Kier molecular flexibility index (Phi) is 8.68. The van der Waals surface area contributed by atoms with Gasteiger partial charge in [-0.15, -0.1) is 5.10 Å². The number of hydrogen-bond donors (Lipinski definition) is 4. The maximum atomic E-state index is 13.1. The van der Waals surface area contributed by atoms with E-state index in [1.54, 1.807) is 54.7 Å². The average molecular weight is 588 g/mol. The standard InChI is InChI=1S/C28H26ClN9O4/c1-42-28(41)32-19-9-10-20-22(14-19)34-25(39)6-4-2-3-5-21(27-30-15-23(20)35-27)33-26(40)12-7-17-13-18(29)8-11-24(17)38-16-31-36-37-38/h4,6-16,21H,2-3,5H2,1H3,(H,30,35)(H,32,41)(H,33,40)(H,34,39)/b6-4-,12-7+/t21-/m0/s1. The summed E-state index contributed by atoms with van der Waals surface area (Å²) < 4.78 is 6.14. The minimum Gasteiger partial charge on any atom is -0.453 e. The first-order chi connectivity index (χ1) is 20.4. The molecule has 0 saturated heterocycles. The predicted molar refractivity (Wildman–Crippen MR) is 156 cm³/mol. The van der Waals surface area contributed by atoms with Gasteiger partial charge in [0.2, 0.25) is 11.8 Å². The first-order valence-corrected chi connectivity index (χ1v) is 13.3. The number of rotatable bonds is 5. The minimum atomic E-state index is -0.635. The van der Waals surface area contributed by atoms with Crippen LogP contribution in [0.25, 0.3) is 23.0 Å². The smallest absolute Gasteiger partial charge is 0.411 e. The van der Waals surface area contributed by atoms with Gasteiger partial charge >= 0.3 is 6.09 Å². The number of hydrogen-bond acceptors (Lipinski definition) is 8. The van der Waals surface area contributed by atoms with E-state index in [4.69, 9.17) is 11.6 Å². The Balaban J connectivity index is 1.40. The van der Waals surface area contributed by atoms with E-state index in [-0.39, 0.29) is 11.8 Å². The quantitative estimate of drug-likeness (QED) is 0.248. The molecule has 2 bridgehead atoms. The average Bonchev–Trinajstić information content (AvgIpc) is 3.68. The number of methoxy groups -OCH3 is 1. The number of tetrazole rings is 1. The van der Waals surface area contributed by atoms with Gasteiger partial charge in [0.1, 0.15) is 12.2 Å². The van der Waals surface area contributed by atoms with Gasteiger partial charge in [-0.05, 0) is 78.2 Å². The van der Waals surface area contributed by atoms with Crippen molar-refractivity contribution >= 4 is 47.0 Å². The molecule has 0 fully saturated rings. The summed E-state index contributed by atoms with van der Waals surface area (Å²) >= 11 is 6.19. The van der Waals surface area contributed by atoms with Crippen molar-refractivity contribution in [3.63, 3.8) is 0 Å². The number of benzene rings is 2. The highest BCUT2D eigenvalue weighted by Gasteiger charge is 2.19. The zero-order valence-electron chi connectivity index (χ0n) is 22.4. The van der Waals surface area contributed by atoms with Crippen molar-refractivity contribution in [1.82, 2.24) is 35.5 Å². The van der Waals surface area contributed by atoms with Crippen LogP contribution in [0.5, 0.6) is 0 Å². The fourth-order valence-corrected chi connectivity index (χ4v) is 4.57. The summed E-state index contributed by atoms with van der Waals surface area (Å²) in [6.07, 6.45) is 10.6. The fourth-order valence-electron chi connectivity index (χ4n) is 4.39. The van der Waals surface area contributed by atoms with Crippen molar-refractivity contribution in [1.29, 1.82) is 0 Å². The van der Waals surface area contributed by atoms with Gasteiger partial charge < -0.3 is 20.4 Å². The number of H-pyrrole nitrogens is 1. The van der Waals surface area contributed by atoms with E-state index in [1.165, 1.54) is 30.3 Å². The fraction of sp³-hybridized carbons (Fsp3) is 0.179. The lowest BCUT2D eigenvalue weighted by atomic mass is 10.1. The van der Waals surface area contributed by atoms with Crippen molar-refractivity contribution in [2.45, 2.75) is 25.3 Å². The van der Waals surface area contributed by atoms with Crippen molar-refractivity contribution < 1.29 is 19.1 Å². The van der Waals surface area contributed by atoms with E-state index in [1.807, 2.05) is 0 Å². The third kappa shape index (κ3) is 6.88. The summed E-state index contributed by atoms with van der Waals surface area (Å²) in [4.78, 5) is 45.2. The first-order valence-electron chi connectivity index (χ1n) is 12.9. The molecule has 214 valence electrons. The zero-order chi connectivity index (χ0) is 29.5. The summed E-state index contributed by atoms with van der Waals surface area (Å²) in [5, 5.41) is 20.2. The van der Waals surface area contributed by atoms with Crippen LogP contribution in [0.4, 0.5) is 16.2 Å². The molecule has 1 aliphatic heterocycles. The van der Waals surface area contributed by atoms with Crippen LogP contribution in [0.3, 0.4) is 0 Å². The van der Waals surface area contributed by atoms with Crippen LogP contribution in [0.15, 0.2) is 67.2 Å².